The smallest absolute Gasteiger partial charge is 0.266 e. The van der Waals surface area contributed by atoms with Crippen LogP contribution in [0.2, 0.25) is 5.02 Å². The third kappa shape index (κ3) is 21.5. The molecule has 0 fully saturated rings. The molecule has 11 heterocycles. The Bertz CT molecular complexity index is 7030. The Morgan fingerprint density at radius 3 is 1.08 bits per heavy atom. The molecule has 0 spiro atoms. The quantitative estimate of drug-likeness (QED) is 0.0317. The third-order valence-electron chi connectivity index (χ3n) is 21.4. The number of aromatic nitrogens is 20. The number of nitrogens with one attached hydrogen (secondary N) is 10. The average molecular weight is 1860 g/mol. The van der Waals surface area contributed by atoms with Crippen LogP contribution in [0.3, 0.4) is 0 Å². The lowest BCUT2D eigenvalue weighted by molar-refractivity contribution is 0.101. The second kappa shape index (κ2) is 41.7. The maximum absolute atomic E-state index is 12.8. The molecule has 5 amide bonds. The van der Waals surface area contributed by atoms with E-state index in [-0.39, 0.29) is 69.2 Å². The van der Waals surface area contributed by atoms with Gasteiger partial charge >= 0.3 is 0 Å². The van der Waals surface area contributed by atoms with Crippen LogP contribution < -0.4 is 59.1 Å². The Morgan fingerprint density at radius 1 is 0.394 bits per heavy atom. The highest BCUT2D eigenvalue weighted by Crippen LogP contribution is 2.30. The number of hydrogen-bond donors (Lipinski definition) is 10. The van der Waals surface area contributed by atoms with Crippen molar-refractivity contribution in [2.75, 3.05) is 46.2 Å². The lowest BCUT2D eigenvalue weighted by Gasteiger charge is -2.15. The average Bonchev–Trinajstić information content (AvgIpc) is 1.57. The topological polar surface area (TPSA) is 473 Å². The molecule has 0 radical (unpaired) electrons. The number of ether oxygens (including phenoxy) is 1. The number of benzene rings is 4. The van der Waals surface area contributed by atoms with E-state index in [9.17, 15) is 47.9 Å². The number of H-pyrrole nitrogens is 5. The van der Waals surface area contributed by atoms with Crippen molar-refractivity contribution in [3.05, 3.63) is 314 Å². The summed E-state index contributed by atoms with van der Waals surface area (Å²) < 4.78 is 12.5. The minimum atomic E-state index is -0.349. The van der Waals surface area contributed by atoms with Crippen LogP contribution in [0.1, 0.15) is 175 Å². The highest BCUT2D eigenvalue weighted by molar-refractivity contribution is 7.99. The van der Waals surface area contributed by atoms with E-state index in [0.717, 1.165) is 113 Å². The van der Waals surface area contributed by atoms with Crippen LogP contribution in [0.25, 0.3) is 29.7 Å². The molecule has 4 aromatic carbocycles. The number of anilines is 5. The molecule has 10 N–H and O–H groups in total. The molecule has 132 heavy (non-hydrogen) atoms. The van der Waals surface area contributed by atoms with Crippen molar-refractivity contribution in [1.29, 1.82) is 0 Å². The summed E-state index contributed by atoms with van der Waals surface area (Å²) in [7, 11) is 1.51. The molecule has 36 nitrogen and oxygen atoms in total. The van der Waals surface area contributed by atoms with Gasteiger partial charge in [0.2, 0.25) is 29.7 Å². The first kappa shape index (κ1) is 93.3. The lowest BCUT2D eigenvalue weighted by atomic mass is 9.97. The molecule has 40 heteroatoms. The van der Waals surface area contributed by atoms with Crippen molar-refractivity contribution in [2.24, 2.45) is 0 Å². The van der Waals surface area contributed by atoms with Crippen LogP contribution in [-0.4, -0.2) is 148 Å². The first-order valence-corrected chi connectivity index (χ1v) is 45.9. The number of thiophene rings is 1. The highest BCUT2D eigenvalue weighted by atomic mass is 35.5. The number of carbonyl (C=O) groups is 5. The fraction of sp³-hybridized carbons (Fsp3) is 0.261. The van der Waals surface area contributed by atoms with Crippen molar-refractivity contribution < 1.29 is 28.7 Å². The SMILES string of the molecule is CCc1c(C)nc(-n2nc(C)cc2NC(=O)c2ccccc2OC)[nH]c1=O.CCc1c(C)nc(-n2nc(C)cc2NC(=O)c2ccccc2SC)[nH]c1=O.CSc1ccccc1C(=O)Nc1cc(C)nn1-c1nc2c(c(=O)[nH]1)CCCC2.Cc1cc(NC(=O)c2ccc(Cl)cc2)n(-c2nc3c(c(=O)[nH]2)CCC3)n1.Cc1cc(NC(=O)c2cccs2)n(-c2nc3c(c(=O)[nH]2)CCC3)n1. The molecule has 11 aromatic heterocycles. The fourth-order valence-corrected chi connectivity index (χ4v) is 17.1. The van der Waals surface area contributed by atoms with Gasteiger partial charge in [-0.1, -0.05) is 67.9 Å². The van der Waals surface area contributed by atoms with E-state index in [4.69, 9.17) is 16.3 Å². The minimum absolute atomic E-state index is 0.127. The summed E-state index contributed by atoms with van der Waals surface area (Å²) in [5, 5.41) is 38.5. The number of thioether (sulfide) groups is 2. The number of rotatable bonds is 20. The van der Waals surface area contributed by atoms with E-state index in [2.05, 4.69) is 102 Å². The molecule has 678 valence electrons. The van der Waals surface area contributed by atoms with Crippen LogP contribution in [-0.2, 0) is 51.4 Å². The van der Waals surface area contributed by atoms with Gasteiger partial charge in [-0.25, -0.2) is 24.9 Å². The summed E-state index contributed by atoms with van der Waals surface area (Å²) >= 11 is 10.2. The summed E-state index contributed by atoms with van der Waals surface area (Å²) in [6.07, 6.45) is 13.6. The molecular formula is C92H94ClN25O11S3. The van der Waals surface area contributed by atoms with Gasteiger partial charge < -0.3 is 31.3 Å². The Balaban J connectivity index is 0.000000133. The van der Waals surface area contributed by atoms with E-state index in [1.165, 1.54) is 65.4 Å². The molecule has 0 bridgehead atoms. The van der Waals surface area contributed by atoms with E-state index in [1.807, 2.05) is 95.0 Å². The van der Waals surface area contributed by atoms with Gasteiger partial charge in [-0.2, -0.15) is 48.9 Å². The Kier molecular flexibility index (Phi) is 29.5. The molecule has 0 unspecified atom stereocenters. The minimum Gasteiger partial charge on any atom is -0.496 e. The van der Waals surface area contributed by atoms with Crippen molar-refractivity contribution >= 4 is 105 Å². The number of aryl methyl sites for hydroxylation is 10. The molecule has 18 rings (SSSR count). The first-order chi connectivity index (χ1) is 63.6. The monoisotopic (exact) mass is 1860 g/mol. The largest absolute Gasteiger partial charge is 0.496 e. The molecule has 0 atom stereocenters. The predicted molar refractivity (Wildman–Crippen MR) is 507 cm³/mol. The maximum Gasteiger partial charge on any atom is 0.266 e. The second-order valence-corrected chi connectivity index (χ2v) is 33.8. The van der Waals surface area contributed by atoms with Gasteiger partial charge in [0.1, 0.15) is 34.8 Å². The zero-order valence-corrected chi connectivity index (χ0v) is 77.3. The Labute approximate surface area is 772 Å². The Morgan fingerprint density at radius 2 is 0.720 bits per heavy atom. The van der Waals surface area contributed by atoms with Gasteiger partial charge in [-0.15, -0.1) is 34.9 Å². The molecule has 15 aromatic rings. The highest BCUT2D eigenvalue weighted by Gasteiger charge is 2.27. The summed E-state index contributed by atoms with van der Waals surface area (Å²) in [6, 6.07) is 40.6. The molecule has 0 saturated heterocycles. The molecule has 3 aliphatic carbocycles. The predicted octanol–water partition coefficient (Wildman–Crippen LogP) is 13.3. The van der Waals surface area contributed by atoms with Gasteiger partial charge in [0, 0.05) is 89.9 Å². The second-order valence-electron chi connectivity index (χ2n) is 30.7. The summed E-state index contributed by atoms with van der Waals surface area (Å²) in [6.45, 7) is 16.4. The Hall–Kier alpha value is -14.8. The van der Waals surface area contributed by atoms with Crippen molar-refractivity contribution in [3.63, 3.8) is 0 Å². The van der Waals surface area contributed by atoms with E-state index in [0.29, 0.717) is 143 Å². The van der Waals surface area contributed by atoms with Gasteiger partial charge in [-0.05, 0) is 210 Å². The normalized spacial score (nSPS) is 12.1. The number of fused-ring (bicyclic) bond motifs is 3. The number of hydrogen-bond acceptors (Lipinski definition) is 24. The summed E-state index contributed by atoms with van der Waals surface area (Å²) in [5.74, 6) is 2.83. The van der Waals surface area contributed by atoms with E-state index < -0.39 is 0 Å². The van der Waals surface area contributed by atoms with Crippen LogP contribution >= 0.6 is 46.5 Å². The van der Waals surface area contributed by atoms with Crippen molar-refractivity contribution in [1.82, 2.24) is 98.7 Å². The van der Waals surface area contributed by atoms with E-state index in [1.54, 1.807) is 125 Å². The number of carbonyl (C=O) groups excluding carboxylic acids is 5. The zero-order chi connectivity index (χ0) is 93.7. The van der Waals surface area contributed by atoms with Crippen LogP contribution in [0.5, 0.6) is 5.75 Å². The standard InChI is InChI=1S/C20H21N5O2S.C19H21N5O3.C19H21N5O2S.C18H16ClN5O2.C16H15N5O2S/c1-12-11-17(22-19(27)14-8-4-6-10-16(14)28-2)25(24-12)20-21-15-9-5-3-7-13(15)18(26)23-20;2*1-5-13-12(3)20-19(22-17(13)25)24-16(10-11(2)23-24)21-18(26)14-8-6-7-9-15(14)27-4;1-10-9-15(21-16(25)11-5-7-12(19)8-6-11)24(23-10)18-20-14-4-2-3-13(14)17(26)22-18;1-9-8-13(18-15(23)12-6-3-7-24-12)21(20-9)16-17-11-5-2-4-10(11)14(22)19-16/h4,6,8,10-11H,3,5,7,9H2,1-2H3,(H,22,27)(H,21,23,26);2*6-10H,5H2,1-4H3,(H,21,26)(H,20,22,25);5-9H,2-4H2,1H3,(H,21,25)(H,20,22,26);3,6-8H,2,4-5H2,1H3,(H,18,23)(H,17,19,22). The van der Waals surface area contributed by atoms with Gasteiger partial charge in [-0.3, -0.25) is 72.9 Å². The van der Waals surface area contributed by atoms with Crippen molar-refractivity contribution in [2.45, 2.75) is 149 Å². The number of methoxy groups -OCH3 is 1. The summed E-state index contributed by atoms with van der Waals surface area (Å²) in [4.78, 5) is 163. The van der Waals surface area contributed by atoms with Gasteiger partial charge in [0.15, 0.2) is 0 Å². The third-order valence-corrected chi connectivity index (χ3v) is 24.2. The van der Waals surface area contributed by atoms with Gasteiger partial charge in [0.05, 0.1) is 74.2 Å². The first-order valence-electron chi connectivity index (χ1n) is 42.2. The molecule has 3 aliphatic rings. The molecular weight excluding hydrogens is 1760 g/mol. The van der Waals surface area contributed by atoms with Gasteiger partial charge in [0.25, 0.3) is 57.3 Å². The van der Waals surface area contributed by atoms with Crippen LogP contribution in [0.4, 0.5) is 29.1 Å². The molecule has 0 saturated carbocycles. The number of halogens is 1. The number of nitrogens with zero attached hydrogens (tertiary/aromatic N) is 15. The molecule has 0 aliphatic heterocycles. The fourth-order valence-electron chi connectivity index (χ4n) is 15.1. The maximum atomic E-state index is 12.8. The number of amides is 5. The van der Waals surface area contributed by atoms with Crippen LogP contribution in [0, 0.1) is 48.5 Å². The number of para-hydroxylation sites is 1. The van der Waals surface area contributed by atoms with E-state index >= 15 is 0 Å². The zero-order valence-electron chi connectivity index (χ0n) is 74.1. The lowest BCUT2D eigenvalue weighted by Crippen LogP contribution is -2.24. The van der Waals surface area contributed by atoms with Crippen LogP contribution in [0.15, 0.2) is 179 Å². The number of aromatic amines is 5. The van der Waals surface area contributed by atoms with Crippen molar-refractivity contribution in [3.8, 4) is 35.5 Å². The summed E-state index contributed by atoms with van der Waals surface area (Å²) in [5.41, 5.74) is 12.0.